The van der Waals surface area contributed by atoms with Gasteiger partial charge < -0.3 is 9.84 Å². The summed E-state index contributed by atoms with van der Waals surface area (Å²) >= 11 is 6.54. The summed E-state index contributed by atoms with van der Waals surface area (Å²) in [6.45, 7) is 8.73. The van der Waals surface area contributed by atoms with Gasteiger partial charge in [-0.1, -0.05) is 17.7 Å². The van der Waals surface area contributed by atoms with Gasteiger partial charge in [-0.3, -0.25) is 14.0 Å². The molecule has 3 aromatic heterocycles. The van der Waals surface area contributed by atoms with E-state index in [0.717, 1.165) is 16.8 Å². The molecule has 0 aliphatic carbocycles. The predicted molar refractivity (Wildman–Crippen MR) is 133 cm³/mol. The van der Waals surface area contributed by atoms with Crippen LogP contribution in [0.1, 0.15) is 42.3 Å². The average Bonchev–Trinajstić information content (AvgIpc) is 3.21. The lowest BCUT2D eigenvalue weighted by atomic mass is 10.0. The van der Waals surface area contributed by atoms with E-state index in [1.807, 2.05) is 32.3 Å². The molecule has 0 amide bonds. The van der Waals surface area contributed by atoms with Crippen molar-refractivity contribution in [1.29, 1.82) is 0 Å². The Balaban J connectivity index is 1.76. The molecule has 0 aliphatic rings. The Morgan fingerprint density at radius 3 is 2.54 bits per heavy atom. The molecule has 0 fully saturated rings. The van der Waals surface area contributed by atoms with E-state index >= 15 is 0 Å². The summed E-state index contributed by atoms with van der Waals surface area (Å²) in [5, 5.41) is 15.0. The van der Waals surface area contributed by atoms with Crippen LogP contribution in [0.25, 0.3) is 16.9 Å². The maximum Gasteiger partial charge on any atom is 0.264 e. The molecule has 0 bridgehead atoms. The largest absolute Gasteiger partial charge is 0.471 e. The molecule has 0 aliphatic heterocycles. The number of benzene rings is 1. The highest BCUT2D eigenvalue weighted by Gasteiger charge is 2.22. The zero-order chi connectivity index (χ0) is 25.5. The lowest BCUT2D eigenvalue weighted by Crippen LogP contribution is -2.25. The first-order valence-electron chi connectivity index (χ1n) is 11.0. The molecular weight excluding hydrogens is 468 g/mol. The molecule has 0 atom stereocenters. The van der Waals surface area contributed by atoms with Crippen LogP contribution >= 0.6 is 11.6 Å². The highest BCUT2D eigenvalue weighted by molar-refractivity contribution is 6.32. The van der Waals surface area contributed by atoms with Crippen molar-refractivity contribution < 1.29 is 9.84 Å². The number of aryl methyl sites for hydroxylation is 3. The smallest absolute Gasteiger partial charge is 0.264 e. The molecule has 4 aromatic rings. The molecule has 0 saturated heterocycles. The highest BCUT2D eigenvalue weighted by atomic mass is 35.5. The highest BCUT2D eigenvalue weighted by Crippen LogP contribution is 2.30. The maximum atomic E-state index is 13.4. The second-order valence-corrected chi connectivity index (χ2v) is 9.36. The van der Waals surface area contributed by atoms with Crippen molar-refractivity contribution in [3.05, 3.63) is 80.5 Å². The minimum atomic E-state index is -1.20. The molecule has 10 heteroatoms. The lowest BCUT2D eigenvalue weighted by Gasteiger charge is -2.18. The zero-order valence-corrected chi connectivity index (χ0v) is 21.3. The molecule has 1 aromatic carbocycles. The normalized spacial score (nSPS) is 11.7. The molecule has 1 N–H and O–H groups in total. The Bertz CT molecular complexity index is 1470. The van der Waals surface area contributed by atoms with Crippen molar-refractivity contribution in [1.82, 2.24) is 29.3 Å². The standard InChI is InChI=1S/C25H27ClN6O3/c1-14-12-27-24(25(4,5)34)29-21(14)17-7-8-19(26)20(11-17)32-16(3)28-22(15(2)23(32)33)35-13-18-9-10-31(6)30-18/h7-12,34H,13H2,1-6H3. The van der Waals surface area contributed by atoms with Crippen LogP contribution in [0.15, 0.2) is 41.5 Å². The maximum absolute atomic E-state index is 13.4. The lowest BCUT2D eigenvalue weighted by molar-refractivity contribution is 0.0688. The first-order chi connectivity index (χ1) is 16.5. The first-order valence-corrected chi connectivity index (χ1v) is 11.4. The van der Waals surface area contributed by atoms with Gasteiger partial charge in [-0.05, 0) is 58.4 Å². The molecule has 35 heavy (non-hydrogen) atoms. The Morgan fingerprint density at radius 2 is 1.89 bits per heavy atom. The van der Waals surface area contributed by atoms with Crippen LogP contribution in [-0.2, 0) is 19.3 Å². The van der Waals surface area contributed by atoms with Crippen molar-refractivity contribution in [2.45, 2.75) is 46.8 Å². The summed E-state index contributed by atoms with van der Waals surface area (Å²) in [4.78, 5) is 26.7. The number of hydrogen-bond donors (Lipinski definition) is 1. The van der Waals surface area contributed by atoms with Crippen LogP contribution in [0.2, 0.25) is 5.02 Å². The van der Waals surface area contributed by atoms with Crippen LogP contribution in [0.3, 0.4) is 0 Å². The monoisotopic (exact) mass is 494 g/mol. The van der Waals surface area contributed by atoms with Gasteiger partial charge in [-0.2, -0.15) is 10.1 Å². The predicted octanol–water partition coefficient (Wildman–Crippen LogP) is 3.81. The number of aromatic nitrogens is 6. The van der Waals surface area contributed by atoms with Crippen molar-refractivity contribution in [3.63, 3.8) is 0 Å². The van der Waals surface area contributed by atoms with E-state index in [9.17, 15) is 9.90 Å². The topological polar surface area (TPSA) is 108 Å². The second kappa shape index (κ2) is 9.24. The quantitative estimate of drug-likeness (QED) is 0.434. The minimum Gasteiger partial charge on any atom is -0.471 e. The van der Waals surface area contributed by atoms with Crippen molar-refractivity contribution in [2.75, 3.05) is 0 Å². The zero-order valence-electron chi connectivity index (χ0n) is 20.5. The van der Waals surface area contributed by atoms with Crippen molar-refractivity contribution in [3.8, 4) is 22.8 Å². The third-order valence-electron chi connectivity index (χ3n) is 5.54. The van der Waals surface area contributed by atoms with Crippen LogP contribution in [0.5, 0.6) is 5.88 Å². The second-order valence-electron chi connectivity index (χ2n) is 8.95. The fraction of sp³-hybridized carbons (Fsp3) is 0.320. The van der Waals surface area contributed by atoms with Crippen LogP contribution in [0, 0.1) is 20.8 Å². The molecule has 0 radical (unpaired) electrons. The van der Waals surface area contributed by atoms with Crippen LogP contribution in [-0.4, -0.2) is 34.4 Å². The molecule has 182 valence electrons. The van der Waals surface area contributed by atoms with Gasteiger partial charge in [0, 0.05) is 25.0 Å². The van der Waals surface area contributed by atoms with Gasteiger partial charge in [0.15, 0.2) is 5.82 Å². The van der Waals surface area contributed by atoms with E-state index in [0.29, 0.717) is 33.6 Å². The van der Waals surface area contributed by atoms with E-state index in [4.69, 9.17) is 16.3 Å². The Morgan fingerprint density at radius 1 is 1.14 bits per heavy atom. The fourth-order valence-corrected chi connectivity index (χ4v) is 3.86. The number of halogens is 1. The Kier molecular flexibility index (Phi) is 6.48. The van der Waals surface area contributed by atoms with E-state index in [-0.39, 0.29) is 18.0 Å². The molecule has 0 saturated carbocycles. The van der Waals surface area contributed by atoms with Crippen molar-refractivity contribution >= 4 is 11.6 Å². The summed E-state index contributed by atoms with van der Waals surface area (Å²) in [7, 11) is 1.82. The van der Waals surface area contributed by atoms with Gasteiger partial charge in [0.2, 0.25) is 5.88 Å². The first kappa shape index (κ1) is 24.6. The summed E-state index contributed by atoms with van der Waals surface area (Å²) < 4.78 is 8.94. The molecule has 3 heterocycles. The van der Waals surface area contributed by atoms with Crippen molar-refractivity contribution in [2.24, 2.45) is 7.05 Å². The van der Waals surface area contributed by atoms with E-state index in [1.54, 1.807) is 50.7 Å². The summed E-state index contributed by atoms with van der Waals surface area (Å²) in [5.41, 5.74) is 2.27. The molecule has 9 nitrogen and oxygen atoms in total. The van der Waals surface area contributed by atoms with Crippen LogP contribution < -0.4 is 10.3 Å². The van der Waals surface area contributed by atoms with Gasteiger partial charge in [0.25, 0.3) is 5.56 Å². The minimum absolute atomic E-state index is 0.199. The number of hydrogen-bond acceptors (Lipinski definition) is 7. The molecule has 0 spiro atoms. The van der Waals surface area contributed by atoms with E-state index < -0.39 is 5.60 Å². The van der Waals surface area contributed by atoms with Gasteiger partial charge in [-0.15, -0.1) is 0 Å². The number of nitrogens with zero attached hydrogens (tertiary/aromatic N) is 6. The van der Waals surface area contributed by atoms with Gasteiger partial charge in [-0.25, -0.2) is 9.97 Å². The molecule has 4 rings (SSSR count). The fourth-order valence-electron chi connectivity index (χ4n) is 3.65. The molecular formula is C25H27ClN6O3. The summed E-state index contributed by atoms with van der Waals surface area (Å²) in [5.74, 6) is 0.977. The Hall–Kier alpha value is -3.56. The van der Waals surface area contributed by atoms with Crippen LogP contribution in [0.4, 0.5) is 0 Å². The number of ether oxygens (including phenoxy) is 1. The summed E-state index contributed by atoms with van der Waals surface area (Å²) in [6.07, 6.45) is 3.49. The number of rotatable bonds is 6. The Labute approximate surface area is 208 Å². The SMILES string of the molecule is Cc1cnc(C(C)(C)O)nc1-c1ccc(Cl)c(-n2c(C)nc(OCc3ccn(C)n3)c(C)c2=O)c1. The summed E-state index contributed by atoms with van der Waals surface area (Å²) in [6, 6.07) is 7.16. The van der Waals surface area contributed by atoms with Gasteiger partial charge in [0.1, 0.15) is 18.0 Å². The number of aliphatic hydroxyl groups is 1. The van der Waals surface area contributed by atoms with E-state index in [1.165, 1.54) is 4.57 Å². The average molecular weight is 495 g/mol. The van der Waals surface area contributed by atoms with Gasteiger partial charge in [0.05, 0.1) is 27.7 Å². The third-order valence-corrected chi connectivity index (χ3v) is 5.86. The molecule has 0 unspecified atom stereocenters. The third kappa shape index (κ3) is 4.96. The van der Waals surface area contributed by atoms with E-state index in [2.05, 4.69) is 20.1 Å². The van der Waals surface area contributed by atoms with Gasteiger partial charge >= 0.3 is 0 Å².